The number of benzene rings is 1. The molecule has 0 atom stereocenters. The van der Waals surface area contributed by atoms with Crippen molar-refractivity contribution in [2.75, 3.05) is 18.5 Å². The number of hydrogen-bond donors (Lipinski definition) is 3. The first kappa shape index (κ1) is 15.9. The first-order chi connectivity index (χ1) is 9.40. The van der Waals surface area contributed by atoms with Crippen LogP contribution in [0.2, 0.25) is 5.02 Å². The zero-order chi connectivity index (χ0) is 15.1. The predicted molar refractivity (Wildman–Crippen MR) is 67.0 cm³/mol. The van der Waals surface area contributed by atoms with Gasteiger partial charge < -0.3 is 15.2 Å². The molecule has 1 rings (SSSR count). The molecule has 0 aliphatic rings. The van der Waals surface area contributed by atoms with Gasteiger partial charge in [-0.05, 0) is 12.1 Å². The van der Waals surface area contributed by atoms with Crippen molar-refractivity contribution in [2.45, 2.75) is 0 Å². The second-order valence-electron chi connectivity index (χ2n) is 3.49. The van der Waals surface area contributed by atoms with E-state index in [9.17, 15) is 18.8 Å². The minimum atomic E-state index is -1.25. The number of imide groups is 1. The molecule has 0 aromatic heterocycles. The zero-order valence-corrected chi connectivity index (χ0v) is 10.7. The molecular formula is C11H10ClFN2O5. The highest BCUT2D eigenvalue weighted by atomic mass is 35.5. The van der Waals surface area contributed by atoms with Crippen molar-refractivity contribution in [1.29, 1.82) is 0 Å². The van der Waals surface area contributed by atoms with Gasteiger partial charge >= 0.3 is 12.0 Å². The summed E-state index contributed by atoms with van der Waals surface area (Å²) in [5.74, 6) is -2.95. The summed E-state index contributed by atoms with van der Waals surface area (Å²) in [4.78, 5) is 32.6. The monoisotopic (exact) mass is 304 g/mol. The number of carboxylic acids is 1. The molecule has 0 saturated heterocycles. The van der Waals surface area contributed by atoms with Crippen LogP contribution in [0, 0.1) is 5.82 Å². The van der Waals surface area contributed by atoms with Gasteiger partial charge in [0.1, 0.15) is 13.2 Å². The Balaban J connectivity index is 2.45. The van der Waals surface area contributed by atoms with Crippen LogP contribution >= 0.6 is 11.6 Å². The topological polar surface area (TPSA) is 105 Å². The van der Waals surface area contributed by atoms with Crippen molar-refractivity contribution in [1.82, 2.24) is 5.32 Å². The summed E-state index contributed by atoms with van der Waals surface area (Å²) in [5.41, 5.74) is -0.200. The fraction of sp³-hybridized carbons (Fsp3) is 0.182. The van der Waals surface area contributed by atoms with Crippen LogP contribution in [0.1, 0.15) is 0 Å². The van der Waals surface area contributed by atoms with E-state index in [0.29, 0.717) is 0 Å². The van der Waals surface area contributed by atoms with Gasteiger partial charge in [0, 0.05) is 0 Å². The van der Waals surface area contributed by atoms with Gasteiger partial charge in [-0.15, -0.1) is 0 Å². The molecule has 0 unspecified atom stereocenters. The van der Waals surface area contributed by atoms with Gasteiger partial charge in [0.15, 0.2) is 5.82 Å². The van der Waals surface area contributed by atoms with E-state index in [1.54, 1.807) is 0 Å². The van der Waals surface area contributed by atoms with Crippen molar-refractivity contribution in [2.24, 2.45) is 0 Å². The Morgan fingerprint density at radius 2 is 2.00 bits per heavy atom. The number of carbonyl (C=O) groups is 3. The van der Waals surface area contributed by atoms with E-state index in [4.69, 9.17) is 16.7 Å². The largest absolute Gasteiger partial charge is 0.480 e. The smallest absolute Gasteiger partial charge is 0.329 e. The minimum Gasteiger partial charge on any atom is -0.480 e. The van der Waals surface area contributed by atoms with Crippen molar-refractivity contribution < 1.29 is 28.6 Å². The average molecular weight is 305 g/mol. The molecule has 0 aliphatic carbocycles. The molecule has 1 aromatic rings. The highest BCUT2D eigenvalue weighted by Crippen LogP contribution is 2.21. The highest BCUT2D eigenvalue weighted by molar-refractivity contribution is 6.31. The standard InChI is InChI=1S/C11H10ClFN2O5/c12-6-2-1-3-7(10(6)13)14-11(19)15-8(16)4-20-5-9(17)18/h1-3H,4-5H2,(H,17,18)(H2,14,15,16,19). The molecule has 0 radical (unpaired) electrons. The number of ether oxygens (including phenoxy) is 1. The van der Waals surface area contributed by atoms with Crippen LogP contribution in [0.5, 0.6) is 0 Å². The number of urea groups is 1. The van der Waals surface area contributed by atoms with E-state index in [-0.39, 0.29) is 10.7 Å². The Morgan fingerprint density at radius 1 is 1.30 bits per heavy atom. The molecule has 3 N–H and O–H groups in total. The quantitative estimate of drug-likeness (QED) is 0.759. The Morgan fingerprint density at radius 3 is 2.65 bits per heavy atom. The lowest BCUT2D eigenvalue weighted by Crippen LogP contribution is -2.37. The summed E-state index contributed by atoms with van der Waals surface area (Å²) in [6.07, 6.45) is 0. The number of carboxylic acid groups (broad SMARTS) is 1. The third-order valence-corrected chi connectivity index (χ3v) is 2.20. The van der Waals surface area contributed by atoms with Crippen molar-refractivity contribution in [3.63, 3.8) is 0 Å². The number of carbonyl (C=O) groups excluding carboxylic acids is 2. The number of aliphatic carboxylic acids is 1. The lowest BCUT2D eigenvalue weighted by atomic mass is 10.3. The number of hydrogen-bond acceptors (Lipinski definition) is 4. The van der Waals surface area contributed by atoms with Crippen LogP contribution in [-0.4, -0.2) is 36.2 Å². The minimum absolute atomic E-state index is 0.182. The van der Waals surface area contributed by atoms with Crippen molar-refractivity contribution in [3.05, 3.63) is 29.0 Å². The Kier molecular flexibility index (Phi) is 5.88. The molecule has 1 aromatic carbocycles. The van der Waals surface area contributed by atoms with Gasteiger partial charge in [0.25, 0.3) is 5.91 Å². The number of rotatable bonds is 5. The molecular weight excluding hydrogens is 295 g/mol. The second-order valence-corrected chi connectivity index (χ2v) is 3.90. The van der Waals surface area contributed by atoms with E-state index in [2.05, 4.69) is 10.1 Å². The molecule has 0 bridgehead atoms. The molecule has 9 heteroatoms. The molecule has 0 aliphatic heterocycles. The zero-order valence-electron chi connectivity index (χ0n) is 9.98. The normalized spacial score (nSPS) is 9.90. The van der Waals surface area contributed by atoms with Gasteiger partial charge in [0.05, 0.1) is 10.7 Å². The predicted octanol–water partition coefficient (Wildman–Crippen LogP) is 1.23. The summed E-state index contributed by atoms with van der Waals surface area (Å²) in [5, 5.41) is 12.0. The lowest BCUT2D eigenvalue weighted by Gasteiger charge is -2.08. The Bertz CT molecular complexity index is 538. The molecule has 7 nitrogen and oxygen atoms in total. The number of halogens is 2. The molecule has 0 saturated carbocycles. The third kappa shape index (κ3) is 5.21. The van der Waals surface area contributed by atoms with E-state index >= 15 is 0 Å². The second kappa shape index (κ2) is 7.41. The molecule has 108 valence electrons. The van der Waals surface area contributed by atoms with Gasteiger partial charge in [0.2, 0.25) is 0 Å². The lowest BCUT2D eigenvalue weighted by molar-refractivity contribution is -0.143. The van der Waals surface area contributed by atoms with Crippen LogP contribution in [-0.2, 0) is 14.3 Å². The maximum absolute atomic E-state index is 13.4. The maximum Gasteiger partial charge on any atom is 0.329 e. The Labute approximate surface area is 117 Å². The van der Waals surface area contributed by atoms with Gasteiger partial charge in [-0.3, -0.25) is 10.1 Å². The summed E-state index contributed by atoms with van der Waals surface area (Å²) >= 11 is 5.51. The number of anilines is 1. The summed E-state index contributed by atoms with van der Waals surface area (Å²) < 4.78 is 17.9. The summed E-state index contributed by atoms with van der Waals surface area (Å²) in [7, 11) is 0. The van der Waals surface area contributed by atoms with Crippen LogP contribution in [0.3, 0.4) is 0 Å². The fourth-order valence-corrected chi connectivity index (χ4v) is 1.32. The molecule has 3 amide bonds. The highest BCUT2D eigenvalue weighted by Gasteiger charge is 2.12. The van der Waals surface area contributed by atoms with Crippen molar-refractivity contribution in [3.8, 4) is 0 Å². The number of nitrogens with one attached hydrogen (secondary N) is 2. The van der Waals surface area contributed by atoms with Crippen molar-refractivity contribution >= 4 is 35.2 Å². The molecule has 0 fully saturated rings. The molecule has 20 heavy (non-hydrogen) atoms. The van der Waals surface area contributed by atoms with E-state index in [1.165, 1.54) is 18.2 Å². The van der Waals surface area contributed by atoms with E-state index in [1.807, 2.05) is 5.32 Å². The summed E-state index contributed by atoms with van der Waals surface area (Å²) in [6, 6.07) is 2.98. The van der Waals surface area contributed by atoms with E-state index in [0.717, 1.165) is 0 Å². The van der Waals surface area contributed by atoms with Gasteiger partial charge in [-0.1, -0.05) is 17.7 Å². The number of amides is 3. The van der Waals surface area contributed by atoms with Gasteiger partial charge in [-0.2, -0.15) is 0 Å². The summed E-state index contributed by atoms with van der Waals surface area (Å²) in [6.45, 7) is -1.28. The van der Waals surface area contributed by atoms with Gasteiger partial charge in [-0.25, -0.2) is 14.0 Å². The maximum atomic E-state index is 13.4. The van der Waals surface area contributed by atoms with Crippen LogP contribution in [0.15, 0.2) is 18.2 Å². The SMILES string of the molecule is O=C(O)COCC(=O)NC(=O)Nc1cccc(Cl)c1F. The van der Waals surface area contributed by atoms with Crippen LogP contribution < -0.4 is 10.6 Å². The molecule has 0 heterocycles. The average Bonchev–Trinajstić information content (AvgIpc) is 2.34. The van der Waals surface area contributed by atoms with Crippen LogP contribution in [0.25, 0.3) is 0 Å². The third-order valence-electron chi connectivity index (χ3n) is 1.91. The molecule has 0 spiro atoms. The first-order valence-corrected chi connectivity index (χ1v) is 5.62. The first-order valence-electron chi connectivity index (χ1n) is 5.24. The fourth-order valence-electron chi connectivity index (χ4n) is 1.15. The van der Waals surface area contributed by atoms with Crippen LogP contribution in [0.4, 0.5) is 14.9 Å². The Hall–Kier alpha value is -2.19. The van der Waals surface area contributed by atoms with E-state index < -0.39 is 36.9 Å².